The van der Waals surface area contributed by atoms with Crippen molar-refractivity contribution < 1.29 is 18.7 Å². The van der Waals surface area contributed by atoms with Gasteiger partial charge in [0.25, 0.3) is 0 Å². The van der Waals surface area contributed by atoms with Gasteiger partial charge in [-0.2, -0.15) is 0 Å². The Kier molecular flexibility index (Phi) is 7.28. The van der Waals surface area contributed by atoms with Crippen molar-refractivity contribution in [3.8, 4) is 5.75 Å². The summed E-state index contributed by atoms with van der Waals surface area (Å²) >= 11 is 0. The van der Waals surface area contributed by atoms with E-state index in [-0.39, 0.29) is 13.2 Å². The number of halogens is 1. The number of carbonyl (C=O) groups excluding carboxylic acids is 1. The number of nitrogens with one attached hydrogen (secondary N) is 1. The Morgan fingerprint density at radius 3 is 2.93 bits per heavy atom. The lowest BCUT2D eigenvalue weighted by atomic mass is 10.1. The van der Waals surface area contributed by atoms with E-state index in [4.69, 9.17) is 14.5 Å². The van der Waals surface area contributed by atoms with E-state index in [1.165, 1.54) is 25.7 Å². The van der Waals surface area contributed by atoms with Crippen LogP contribution >= 0.6 is 0 Å². The van der Waals surface area contributed by atoms with Gasteiger partial charge in [-0.1, -0.05) is 26.2 Å². The van der Waals surface area contributed by atoms with E-state index in [1.807, 2.05) is 29.7 Å². The number of aromatic nitrogens is 2. The first-order chi connectivity index (χ1) is 13.7. The molecule has 0 aromatic carbocycles. The summed E-state index contributed by atoms with van der Waals surface area (Å²) in [7, 11) is 0. The number of carbonyl (C=O) groups is 1. The predicted molar refractivity (Wildman–Crippen MR) is 105 cm³/mol. The van der Waals surface area contributed by atoms with Crippen molar-refractivity contribution in [1.82, 2.24) is 14.7 Å². The Balaban J connectivity index is 1.51. The number of fused-ring (bicyclic) bond motifs is 1. The van der Waals surface area contributed by atoms with Gasteiger partial charge < -0.3 is 19.2 Å². The van der Waals surface area contributed by atoms with E-state index in [9.17, 15) is 9.18 Å². The Morgan fingerprint density at radius 2 is 2.18 bits per heavy atom. The van der Waals surface area contributed by atoms with Crippen LogP contribution in [0.25, 0.3) is 5.65 Å². The molecule has 1 fully saturated rings. The van der Waals surface area contributed by atoms with Gasteiger partial charge in [0.05, 0.1) is 24.8 Å². The lowest BCUT2D eigenvalue weighted by Gasteiger charge is -2.10. The maximum atomic E-state index is 13.1. The first kappa shape index (κ1) is 20.2. The van der Waals surface area contributed by atoms with Crippen molar-refractivity contribution in [1.29, 1.82) is 0 Å². The van der Waals surface area contributed by atoms with Crippen LogP contribution in [0.1, 0.15) is 57.1 Å². The smallest absolute Gasteiger partial charge is 0.407 e. The van der Waals surface area contributed by atoms with Gasteiger partial charge in [-0.3, -0.25) is 0 Å². The van der Waals surface area contributed by atoms with Gasteiger partial charge in [-0.25, -0.2) is 14.2 Å². The van der Waals surface area contributed by atoms with Gasteiger partial charge in [0.2, 0.25) is 0 Å². The molecule has 152 valence electrons. The number of alkyl carbamates (subject to hydrolysis) is 1. The molecule has 2 heterocycles. The van der Waals surface area contributed by atoms with Crippen LogP contribution in [0.5, 0.6) is 5.75 Å². The number of hydrogen-bond acceptors (Lipinski definition) is 4. The standard InChI is InChI=1S/C21H28FN3O3/c1-2-3-10-27-21(26)23-12-16(11-22)15-28-18-8-9-20-24-19(14-25(20)13-18)17-6-4-5-7-17/h8-9,11,13-14,17H,2-7,10,12,15H2,1H3,(H,23,26)/b16-11-. The monoisotopic (exact) mass is 389 g/mol. The van der Waals surface area contributed by atoms with Gasteiger partial charge in [-0.15, -0.1) is 0 Å². The molecule has 0 aliphatic heterocycles. The minimum atomic E-state index is -0.549. The fraction of sp³-hybridized carbons (Fsp3) is 0.524. The van der Waals surface area contributed by atoms with Crippen molar-refractivity contribution in [2.75, 3.05) is 19.8 Å². The Hall–Kier alpha value is -2.57. The second kappa shape index (κ2) is 10.1. The van der Waals surface area contributed by atoms with Crippen LogP contribution in [0.4, 0.5) is 9.18 Å². The van der Waals surface area contributed by atoms with Crippen LogP contribution in [0, 0.1) is 0 Å². The average molecular weight is 389 g/mol. The summed E-state index contributed by atoms with van der Waals surface area (Å²) in [4.78, 5) is 16.2. The number of unbranched alkanes of at least 4 members (excludes halogenated alkanes) is 1. The van der Waals surface area contributed by atoms with Crippen molar-refractivity contribution in [3.05, 3.63) is 42.1 Å². The SMILES string of the molecule is CCCCOC(=O)NC/C(=C/F)COc1ccc2nc(C3CCCC3)cn2c1. The molecule has 7 heteroatoms. The molecular weight excluding hydrogens is 361 g/mol. The zero-order chi connectivity index (χ0) is 19.8. The predicted octanol–water partition coefficient (Wildman–Crippen LogP) is 4.75. The van der Waals surface area contributed by atoms with Crippen LogP contribution < -0.4 is 10.1 Å². The molecule has 0 atom stereocenters. The van der Waals surface area contributed by atoms with E-state index in [0.29, 0.717) is 30.2 Å². The summed E-state index contributed by atoms with van der Waals surface area (Å²) in [5.41, 5.74) is 2.33. The number of imidazole rings is 1. The van der Waals surface area contributed by atoms with Gasteiger partial charge in [-0.05, 0) is 31.4 Å². The zero-order valence-corrected chi connectivity index (χ0v) is 16.3. The first-order valence-corrected chi connectivity index (χ1v) is 9.99. The van der Waals surface area contributed by atoms with Gasteiger partial charge >= 0.3 is 6.09 Å². The van der Waals surface area contributed by atoms with E-state index in [2.05, 4.69) is 11.5 Å². The van der Waals surface area contributed by atoms with Crippen LogP contribution in [0.15, 0.2) is 36.4 Å². The molecule has 2 aromatic heterocycles. The van der Waals surface area contributed by atoms with E-state index >= 15 is 0 Å². The molecule has 1 aliphatic carbocycles. The van der Waals surface area contributed by atoms with Crippen LogP contribution in [-0.2, 0) is 4.74 Å². The molecular formula is C21H28FN3O3. The molecule has 1 saturated carbocycles. The average Bonchev–Trinajstić information content (AvgIpc) is 3.37. The number of amides is 1. The second-order valence-electron chi connectivity index (χ2n) is 7.18. The Morgan fingerprint density at radius 1 is 1.36 bits per heavy atom. The topological polar surface area (TPSA) is 64.9 Å². The number of pyridine rings is 1. The summed E-state index contributed by atoms with van der Waals surface area (Å²) in [5, 5.41) is 2.53. The molecule has 1 N–H and O–H groups in total. The molecule has 2 aromatic rings. The van der Waals surface area contributed by atoms with Crippen LogP contribution in [0.2, 0.25) is 0 Å². The highest BCUT2D eigenvalue weighted by molar-refractivity contribution is 5.67. The van der Waals surface area contributed by atoms with Gasteiger partial charge in [0.15, 0.2) is 0 Å². The summed E-state index contributed by atoms with van der Waals surface area (Å²) < 4.78 is 25.7. The van der Waals surface area contributed by atoms with E-state index in [1.54, 1.807) is 0 Å². The van der Waals surface area contributed by atoms with Crippen LogP contribution in [-0.4, -0.2) is 35.2 Å². The molecule has 0 spiro atoms. The lowest BCUT2D eigenvalue weighted by molar-refractivity contribution is 0.145. The van der Waals surface area contributed by atoms with Crippen LogP contribution in [0.3, 0.4) is 0 Å². The fourth-order valence-corrected chi connectivity index (χ4v) is 3.34. The molecule has 1 aliphatic rings. The summed E-state index contributed by atoms with van der Waals surface area (Å²) in [6.07, 6.45) is 10.5. The third kappa shape index (κ3) is 5.47. The quantitative estimate of drug-likeness (QED) is 0.629. The first-order valence-electron chi connectivity index (χ1n) is 9.99. The summed E-state index contributed by atoms with van der Waals surface area (Å²) in [6.45, 7) is 2.46. The molecule has 0 bridgehead atoms. The maximum Gasteiger partial charge on any atom is 0.407 e. The Labute approximate surface area is 164 Å². The second-order valence-corrected chi connectivity index (χ2v) is 7.18. The van der Waals surface area contributed by atoms with E-state index < -0.39 is 6.09 Å². The highest BCUT2D eigenvalue weighted by Gasteiger charge is 2.19. The minimum absolute atomic E-state index is 0.0423. The normalized spacial score (nSPS) is 15.1. The van der Waals surface area contributed by atoms with Gasteiger partial charge in [0, 0.05) is 24.2 Å². The van der Waals surface area contributed by atoms with Crippen molar-refractivity contribution in [2.45, 2.75) is 51.4 Å². The molecule has 3 rings (SSSR count). The lowest BCUT2D eigenvalue weighted by Crippen LogP contribution is -2.28. The third-order valence-corrected chi connectivity index (χ3v) is 4.99. The number of nitrogens with zero attached hydrogens (tertiary/aromatic N) is 2. The fourth-order valence-electron chi connectivity index (χ4n) is 3.34. The number of hydrogen-bond donors (Lipinski definition) is 1. The molecule has 28 heavy (non-hydrogen) atoms. The summed E-state index contributed by atoms with van der Waals surface area (Å²) in [5.74, 6) is 1.17. The summed E-state index contributed by atoms with van der Waals surface area (Å²) in [6, 6.07) is 3.72. The molecule has 0 unspecified atom stereocenters. The number of rotatable bonds is 9. The maximum absolute atomic E-state index is 13.1. The van der Waals surface area contributed by atoms with Crippen molar-refractivity contribution >= 4 is 11.7 Å². The highest BCUT2D eigenvalue weighted by atomic mass is 19.1. The zero-order valence-electron chi connectivity index (χ0n) is 16.3. The molecule has 0 radical (unpaired) electrons. The van der Waals surface area contributed by atoms with Crippen molar-refractivity contribution in [3.63, 3.8) is 0 Å². The van der Waals surface area contributed by atoms with Crippen molar-refractivity contribution in [2.24, 2.45) is 0 Å². The molecule has 0 saturated heterocycles. The Bertz CT molecular complexity index is 812. The molecule has 1 amide bonds. The minimum Gasteiger partial charge on any atom is -0.488 e. The third-order valence-electron chi connectivity index (χ3n) is 4.99. The molecule has 6 nitrogen and oxygen atoms in total. The largest absolute Gasteiger partial charge is 0.488 e. The number of ether oxygens (including phenoxy) is 2. The van der Waals surface area contributed by atoms with E-state index in [0.717, 1.165) is 24.2 Å². The van der Waals surface area contributed by atoms with Gasteiger partial charge in [0.1, 0.15) is 18.0 Å². The highest BCUT2D eigenvalue weighted by Crippen LogP contribution is 2.33.